The third-order valence-corrected chi connectivity index (χ3v) is 9.08. The van der Waals surface area contributed by atoms with Crippen LogP contribution in [0.3, 0.4) is 0 Å². The lowest BCUT2D eigenvalue weighted by Gasteiger charge is -2.40. The molecule has 0 unspecified atom stereocenters. The van der Waals surface area contributed by atoms with Crippen molar-refractivity contribution in [1.82, 2.24) is 0 Å². The average molecular weight is 794 g/mol. The molecule has 0 aliphatic rings. The minimum atomic E-state index is -5.83. The van der Waals surface area contributed by atoms with Gasteiger partial charge in [-0.2, -0.15) is 52.7 Å². The molecule has 0 aliphatic carbocycles. The highest BCUT2D eigenvalue weighted by molar-refractivity contribution is 6.35. The summed E-state index contributed by atoms with van der Waals surface area (Å²) in [5.74, 6) is 0. The van der Waals surface area contributed by atoms with Gasteiger partial charge in [0.1, 0.15) is 0 Å². The van der Waals surface area contributed by atoms with Gasteiger partial charge >= 0.3 is 24.7 Å². The minimum Gasteiger partial charge on any atom is -0.398 e. The summed E-state index contributed by atoms with van der Waals surface area (Å²) in [4.78, 5) is 0. The molecule has 0 atom stereocenters. The lowest BCUT2D eigenvalue weighted by molar-refractivity contribution is -0.290. The number of alkyl halides is 12. The number of benzene rings is 4. The molecule has 0 aromatic heterocycles. The van der Waals surface area contributed by atoms with Gasteiger partial charge in [-0.05, 0) is 60.3 Å². The van der Waals surface area contributed by atoms with Crippen LogP contribution in [0.1, 0.15) is 33.4 Å². The third kappa shape index (κ3) is 7.48. The standard InChI is InChI=1S/C19H20F6N2.C15H10Cl2F6N2/c20-18(21,22)17(19(23,24)25,15-7-3-1-5-13(15)9-11-26)16-8-4-2-6-14(16)10-12-27;16-11-7(3-1-5-9(11)24)13(14(18,19)20,15(21,22)23)8-4-2-6-10(25)12(8)17/h1-8H,9-12,26-27H2;1-6H,24-25H2. The molecule has 0 saturated heterocycles. The molecular formula is C34H30Cl2F12N4. The quantitative estimate of drug-likeness (QED) is 0.105. The first-order valence-corrected chi connectivity index (χ1v) is 15.6. The molecule has 52 heavy (non-hydrogen) atoms. The van der Waals surface area contributed by atoms with E-state index in [1.54, 1.807) is 0 Å². The largest absolute Gasteiger partial charge is 0.411 e. The molecule has 0 heterocycles. The molecule has 0 bridgehead atoms. The fourth-order valence-corrected chi connectivity index (χ4v) is 6.57. The maximum Gasteiger partial charge on any atom is 0.411 e. The molecule has 0 radical (unpaired) electrons. The number of anilines is 2. The van der Waals surface area contributed by atoms with Gasteiger partial charge in [0.2, 0.25) is 10.8 Å². The zero-order valence-electron chi connectivity index (χ0n) is 26.5. The smallest absolute Gasteiger partial charge is 0.398 e. The second-order valence-electron chi connectivity index (χ2n) is 11.3. The molecule has 0 aliphatic heterocycles. The molecule has 0 fully saturated rings. The third-order valence-electron chi connectivity index (χ3n) is 8.24. The van der Waals surface area contributed by atoms with Crippen LogP contribution in [0.5, 0.6) is 0 Å². The summed E-state index contributed by atoms with van der Waals surface area (Å²) in [6.07, 6.45) is -23.1. The summed E-state index contributed by atoms with van der Waals surface area (Å²) < 4.78 is 169. The van der Waals surface area contributed by atoms with Crippen molar-refractivity contribution in [3.63, 3.8) is 0 Å². The van der Waals surface area contributed by atoms with Crippen molar-refractivity contribution < 1.29 is 52.7 Å². The van der Waals surface area contributed by atoms with Crippen molar-refractivity contribution in [2.24, 2.45) is 11.5 Å². The van der Waals surface area contributed by atoms with E-state index < -0.39 is 79.2 Å². The SMILES string of the molecule is NCCc1ccccc1C(c1ccccc1CCN)(C(F)(F)F)C(F)(F)F.Nc1cccc(C(c2cccc(N)c2Cl)(C(F)(F)F)C(F)(F)F)c1Cl. The van der Waals surface area contributed by atoms with Crippen molar-refractivity contribution in [2.45, 2.75) is 48.4 Å². The predicted octanol–water partition coefficient (Wildman–Crippen LogP) is 9.67. The topological polar surface area (TPSA) is 104 Å². The summed E-state index contributed by atoms with van der Waals surface area (Å²) >= 11 is 11.5. The molecule has 284 valence electrons. The predicted molar refractivity (Wildman–Crippen MR) is 176 cm³/mol. The van der Waals surface area contributed by atoms with Gasteiger partial charge < -0.3 is 22.9 Å². The molecule has 4 rings (SSSR count). The van der Waals surface area contributed by atoms with Crippen LogP contribution in [0.2, 0.25) is 10.0 Å². The van der Waals surface area contributed by atoms with Crippen LogP contribution in [-0.4, -0.2) is 37.8 Å². The Morgan fingerprint density at radius 3 is 0.962 bits per heavy atom. The van der Waals surface area contributed by atoms with Gasteiger partial charge in [-0.15, -0.1) is 0 Å². The van der Waals surface area contributed by atoms with E-state index in [4.69, 9.17) is 46.1 Å². The van der Waals surface area contributed by atoms with E-state index in [9.17, 15) is 52.7 Å². The Morgan fingerprint density at radius 2 is 0.673 bits per heavy atom. The van der Waals surface area contributed by atoms with Gasteiger partial charge in [0.05, 0.1) is 21.4 Å². The van der Waals surface area contributed by atoms with Gasteiger partial charge in [0.25, 0.3) is 0 Å². The van der Waals surface area contributed by atoms with E-state index in [1.807, 2.05) is 0 Å². The molecular weight excluding hydrogens is 763 g/mol. The van der Waals surface area contributed by atoms with Gasteiger partial charge in [-0.3, -0.25) is 0 Å². The summed E-state index contributed by atoms with van der Waals surface area (Å²) in [7, 11) is 0. The second-order valence-corrected chi connectivity index (χ2v) is 12.1. The first-order chi connectivity index (χ1) is 24.0. The summed E-state index contributed by atoms with van der Waals surface area (Å²) in [6.45, 7) is -0.152. The van der Waals surface area contributed by atoms with Gasteiger partial charge in [0.15, 0.2) is 0 Å². The van der Waals surface area contributed by atoms with Crippen LogP contribution in [0.4, 0.5) is 64.1 Å². The fraction of sp³-hybridized carbons (Fsp3) is 0.294. The Kier molecular flexibility index (Phi) is 12.8. The second kappa shape index (κ2) is 15.6. The normalized spacial score (nSPS) is 13.1. The lowest BCUT2D eigenvalue weighted by Crippen LogP contribution is -2.55. The van der Waals surface area contributed by atoms with E-state index in [0.29, 0.717) is 12.1 Å². The van der Waals surface area contributed by atoms with E-state index >= 15 is 0 Å². The molecule has 0 amide bonds. The number of hydrogen-bond donors (Lipinski definition) is 4. The number of halogens is 14. The van der Waals surface area contributed by atoms with Gasteiger partial charge in [0, 0.05) is 11.1 Å². The van der Waals surface area contributed by atoms with Crippen LogP contribution in [0.15, 0.2) is 84.9 Å². The van der Waals surface area contributed by atoms with Crippen LogP contribution >= 0.6 is 23.2 Å². The molecule has 4 aromatic rings. The molecule has 0 spiro atoms. The molecule has 4 aromatic carbocycles. The number of nitrogens with two attached hydrogens (primary N) is 4. The minimum absolute atomic E-state index is 0.0761. The van der Waals surface area contributed by atoms with Gasteiger partial charge in [-0.1, -0.05) is 96.0 Å². The van der Waals surface area contributed by atoms with Crippen LogP contribution in [0, 0.1) is 0 Å². The lowest BCUT2D eigenvalue weighted by atomic mass is 9.69. The van der Waals surface area contributed by atoms with E-state index in [2.05, 4.69) is 0 Å². The highest BCUT2D eigenvalue weighted by atomic mass is 35.5. The van der Waals surface area contributed by atoms with Crippen LogP contribution in [0.25, 0.3) is 0 Å². The zero-order valence-corrected chi connectivity index (χ0v) is 28.0. The van der Waals surface area contributed by atoms with Crippen molar-refractivity contribution in [3.8, 4) is 0 Å². The first kappa shape index (κ1) is 42.6. The van der Waals surface area contributed by atoms with E-state index in [1.165, 1.54) is 36.4 Å². The zero-order chi connectivity index (χ0) is 39.5. The summed E-state index contributed by atoms with van der Waals surface area (Å²) in [5, 5.41) is -1.73. The van der Waals surface area contributed by atoms with Crippen LogP contribution in [-0.2, 0) is 23.7 Å². The monoisotopic (exact) mass is 792 g/mol. The molecule has 0 saturated carbocycles. The van der Waals surface area contributed by atoms with E-state index in [-0.39, 0.29) is 37.1 Å². The van der Waals surface area contributed by atoms with Crippen molar-refractivity contribution in [1.29, 1.82) is 0 Å². The molecule has 4 nitrogen and oxygen atoms in total. The Hall–Kier alpha value is -3.86. The Bertz CT molecular complexity index is 1700. The Labute approximate surface area is 299 Å². The maximum atomic E-state index is 14.3. The number of hydrogen-bond acceptors (Lipinski definition) is 4. The summed E-state index contributed by atoms with van der Waals surface area (Å²) in [5.41, 5.74) is 7.75. The maximum absolute atomic E-state index is 14.3. The van der Waals surface area contributed by atoms with Gasteiger partial charge in [-0.25, -0.2) is 0 Å². The molecule has 8 N–H and O–H groups in total. The van der Waals surface area contributed by atoms with Crippen molar-refractivity contribution in [2.75, 3.05) is 24.6 Å². The Morgan fingerprint density at radius 1 is 0.404 bits per heavy atom. The highest BCUT2D eigenvalue weighted by Crippen LogP contribution is 2.60. The van der Waals surface area contributed by atoms with Crippen molar-refractivity contribution in [3.05, 3.63) is 128 Å². The van der Waals surface area contributed by atoms with Crippen LogP contribution < -0.4 is 22.9 Å². The highest BCUT2D eigenvalue weighted by Gasteiger charge is 2.74. The number of nitrogen functional groups attached to an aromatic ring is 2. The fourth-order valence-electron chi connectivity index (χ4n) is 6.03. The Balaban J connectivity index is 0.000000281. The summed E-state index contributed by atoms with van der Waals surface area (Å²) in [6, 6.07) is 14.7. The first-order valence-electron chi connectivity index (χ1n) is 14.9. The van der Waals surface area contributed by atoms with Crippen molar-refractivity contribution >= 4 is 34.6 Å². The average Bonchev–Trinajstić information content (AvgIpc) is 3.01. The van der Waals surface area contributed by atoms with E-state index in [0.717, 1.165) is 36.4 Å². The number of rotatable bonds is 8. The molecule has 18 heteroatoms.